The van der Waals surface area contributed by atoms with Gasteiger partial charge in [0.1, 0.15) is 0 Å². The van der Waals surface area contributed by atoms with Crippen molar-refractivity contribution in [3.8, 4) is 0 Å². The first-order chi connectivity index (χ1) is 9.58. The summed E-state index contributed by atoms with van der Waals surface area (Å²) in [6, 6.07) is 7.32. The zero-order chi connectivity index (χ0) is 14.3. The van der Waals surface area contributed by atoms with Crippen LogP contribution in [-0.2, 0) is 16.0 Å². The van der Waals surface area contributed by atoms with Gasteiger partial charge in [-0.25, -0.2) is 0 Å². The maximum Gasteiger partial charge on any atom is 0.237 e. The van der Waals surface area contributed by atoms with Gasteiger partial charge in [0, 0.05) is 6.42 Å². The number of anilines is 1. The van der Waals surface area contributed by atoms with Gasteiger partial charge in [-0.3, -0.25) is 14.5 Å². The lowest BCUT2D eigenvalue weighted by Gasteiger charge is -2.16. The van der Waals surface area contributed by atoms with Gasteiger partial charge in [-0.2, -0.15) is 0 Å². The van der Waals surface area contributed by atoms with Crippen molar-refractivity contribution in [2.24, 2.45) is 17.6 Å². The van der Waals surface area contributed by atoms with Crippen molar-refractivity contribution in [2.75, 3.05) is 4.90 Å². The molecule has 1 aromatic carbocycles. The van der Waals surface area contributed by atoms with Crippen molar-refractivity contribution in [1.82, 2.24) is 0 Å². The van der Waals surface area contributed by atoms with Crippen LogP contribution in [0, 0.1) is 11.8 Å². The van der Waals surface area contributed by atoms with Crippen molar-refractivity contribution in [1.29, 1.82) is 0 Å². The molecule has 1 saturated heterocycles. The third kappa shape index (κ3) is 2.12. The van der Waals surface area contributed by atoms with Crippen LogP contribution in [0.2, 0.25) is 0 Å². The Morgan fingerprint density at radius 1 is 1.15 bits per heavy atom. The minimum atomic E-state index is -0.0983. The molecule has 0 radical (unpaired) electrons. The number of hydrogen-bond donors (Lipinski definition) is 1. The van der Waals surface area contributed by atoms with Crippen LogP contribution in [0.25, 0.3) is 0 Å². The van der Waals surface area contributed by atoms with Crippen LogP contribution in [0.5, 0.6) is 0 Å². The van der Waals surface area contributed by atoms with E-state index in [4.69, 9.17) is 18.0 Å². The van der Waals surface area contributed by atoms with Gasteiger partial charge >= 0.3 is 0 Å². The second-order valence-corrected chi connectivity index (χ2v) is 5.99. The lowest BCUT2D eigenvalue weighted by Crippen LogP contribution is -2.31. The highest BCUT2D eigenvalue weighted by atomic mass is 32.1. The van der Waals surface area contributed by atoms with Crippen LogP contribution in [0.1, 0.15) is 24.8 Å². The van der Waals surface area contributed by atoms with Crippen LogP contribution in [0.3, 0.4) is 0 Å². The van der Waals surface area contributed by atoms with Crippen molar-refractivity contribution in [2.45, 2.75) is 25.7 Å². The molecule has 2 amide bonds. The first-order valence-electron chi connectivity index (χ1n) is 6.83. The van der Waals surface area contributed by atoms with Crippen molar-refractivity contribution in [3.05, 3.63) is 29.8 Å². The average molecular weight is 288 g/mol. The Bertz CT molecular complexity index is 560. The smallest absolute Gasteiger partial charge is 0.237 e. The van der Waals surface area contributed by atoms with E-state index < -0.39 is 0 Å². The molecule has 0 aromatic heterocycles. The van der Waals surface area contributed by atoms with Gasteiger partial charge in [0.2, 0.25) is 11.8 Å². The summed E-state index contributed by atoms with van der Waals surface area (Å²) in [5, 5.41) is 0. The maximum absolute atomic E-state index is 12.3. The van der Waals surface area contributed by atoms with Crippen molar-refractivity contribution >= 4 is 34.7 Å². The number of nitrogens with two attached hydrogens (primary N) is 1. The lowest BCUT2D eigenvalue weighted by atomic mass is 10.00. The van der Waals surface area contributed by atoms with E-state index in [1.54, 1.807) is 12.1 Å². The molecular weight excluding hydrogens is 272 g/mol. The van der Waals surface area contributed by atoms with Crippen LogP contribution >= 0.6 is 12.2 Å². The number of amides is 2. The number of carbonyl (C=O) groups is 2. The van der Waals surface area contributed by atoms with Gasteiger partial charge in [0.25, 0.3) is 0 Å². The summed E-state index contributed by atoms with van der Waals surface area (Å²) in [4.78, 5) is 26.4. The van der Waals surface area contributed by atoms with Crippen LogP contribution < -0.4 is 10.6 Å². The molecule has 1 heterocycles. The summed E-state index contributed by atoms with van der Waals surface area (Å²) >= 11 is 4.87. The molecule has 2 N–H and O–H groups in total. The summed E-state index contributed by atoms with van der Waals surface area (Å²) < 4.78 is 0. The largest absolute Gasteiger partial charge is 0.393 e. The molecule has 2 fully saturated rings. The number of nitrogens with zero attached hydrogens (tertiary/aromatic N) is 1. The fraction of sp³-hybridized carbons (Fsp3) is 0.400. The van der Waals surface area contributed by atoms with Crippen LogP contribution in [0.4, 0.5) is 5.69 Å². The molecule has 1 saturated carbocycles. The van der Waals surface area contributed by atoms with E-state index in [0.29, 0.717) is 17.1 Å². The highest BCUT2D eigenvalue weighted by Gasteiger charge is 2.50. The highest BCUT2D eigenvalue weighted by Crippen LogP contribution is 2.41. The van der Waals surface area contributed by atoms with Gasteiger partial charge in [-0.1, -0.05) is 30.8 Å². The average Bonchev–Trinajstić information content (AvgIpc) is 2.96. The quantitative estimate of drug-likeness (QED) is 0.680. The van der Waals surface area contributed by atoms with E-state index in [2.05, 4.69) is 0 Å². The van der Waals surface area contributed by atoms with Crippen LogP contribution in [0.15, 0.2) is 24.3 Å². The monoisotopic (exact) mass is 288 g/mol. The second kappa shape index (κ2) is 4.98. The van der Waals surface area contributed by atoms with Gasteiger partial charge in [-0.05, 0) is 30.5 Å². The molecule has 2 unspecified atom stereocenters. The molecule has 5 heteroatoms. The minimum absolute atomic E-state index is 0.0420. The van der Waals surface area contributed by atoms with Crippen molar-refractivity contribution in [3.63, 3.8) is 0 Å². The van der Waals surface area contributed by atoms with E-state index in [1.807, 2.05) is 12.1 Å². The first kappa shape index (κ1) is 13.2. The SMILES string of the molecule is NC(=S)Cc1ccc(N2C(=O)C3CCCC3C2=O)cc1. The number of imide groups is 1. The van der Waals surface area contributed by atoms with E-state index >= 15 is 0 Å². The van der Waals surface area contributed by atoms with E-state index in [-0.39, 0.29) is 23.7 Å². The summed E-state index contributed by atoms with van der Waals surface area (Å²) in [6.07, 6.45) is 3.19. The van der Waals surface area contributed by atoms with Crippen molar-refractivity contribution < 1.29 is 9.59 Å². The maximum atomic E-state index is 12.3. The molecule has 2 aliphatic rings. The fourth-order valence-electron chi connectivity index (χ4n) is 3.21. The van der Waals surface area contributed by atoms with E-state index in [9.17, 15) is 9.59 Å². The van der Waals surface area contributed by atoms with Gasteiger partial charge in [0.15, 0.2) is 0 Å². The zero-order valence-corrected chi connectivity index (χ0v) is 11.9. The molecule has 0 bridgehead atoms. The number of fused-ring (bicyclic) bond motifs is 1. The molecule has 104 valence electrons. The molecular formula is C15H16N2O2S. The van der Waals surface area contributed by atoms with Crippen LogP contribution in [-0.4, -0.2) is 16.8 Å². The Morgan fingerprint density at radius 3 is 2.20 bits per heavy atom. The second-order valence-electron chi connectivity index (χ2n) is 5.47. The highest BCUT2D eigenvalue weighted by molar-refractivity contribution is 7.80. The minimum Gasteiger partial charge on any atom is -0.393 e. The predicted octanol–water partition coefficient (Wildman–Crippen LogP) is 1.80. The summed E-state index contributed by atoms with van der Waals surface area (Å²) in [5.41, 5.74) is 7.14. The normalized spacial score (nSPS) is 25.1. The first-order valence-corrected chi connectivity index (χ1v) is 7.24. The number of benzene rings is 1. The number of rotatable bonds is 3. The third-order valence-electron chi connectivity index (χ3n) is 4.16. The molecule has 1 aliphatic heterocycles. The summed E-state index contributed by atoms with van der Waals surface area (Å²) in [6.45, 7) is 0. The van der Waals surface area contributed by atoms with Gasteiger partial charge in [-0.15, -0.1) is 0 Å². The third-order valence-corrected chi connectivity index (χ3v) is 4.31. The molecule has 3 rings (SSSR count). The number of carbonyl (C=O) groups excluding carboxylic acids is 2. The molecule has 0 spiro atoms. The Morgan fingerprint density at radius 2 is 1.70 bits per heavy atom. The molecule has 1 aliphatic carbocycles. The standard InChI is InChI=1S/C15H16N2O2S/c16-13(20)8-9-4-6-10(7-5-9)17-14(18)11-2-1-3-12(11)15(17)19/h4-7,11-12H,1-3,8H2,(H2,16,20). The molecule has 20 heavy (non-hydrogen) atoms. The number of hydrogen-bond acceptors (Lipinski definition) is 3. The Kier molecular flexibility index (Phi) is 3.30. The summed E-state index contributed by atoms with van der Waals surface area (Å²) in [5.74, 6) is -0.281. The predicted molar refractivity (Wildman–Crippen MR) is 80.3 cm³/mol. The van der Waals surface area contributed by atoms with E-state index in [0.717, 1.165) is 24.8 Å². The molecule has 2 atom stereocenters. The summed E-state index contributed by atoms with van der Waals surface area (Å²) in [7, 11) is 0. The lowest BCUT2D eigenvalue weighted by molar-refractivity contribution is -0.122. The Balaban J connectivity index is 1.84. The Labute approximate surface area is 122 Å². The topological polar surface area (TPSA) is 63.4 Å². The zero-order valence-electron chi connectivity index (χ0n) is 11.0. The fourth-order valence-corrected chi connectivity index (χ4v) is 3.38. The molecule has 1 aromatic rings. The van der Waals surface area contributed by atoms with Gasteiger partial charge < -0.3 is 5.73 Å². The van der Waals surface area contributed by atoms with E-state index in [1.165, 1.54) is 4.90 Å². The number of thiocarbonyl (C=S) groups is 1. The van der Waals surface area contributed by atoms with Gasteiger partial charge in [0.05, 0.1) is 22.5 Å². The molecule has 4 nitrogen and oxygen atoms in total. The Hall–Kier alpha value is -1.75.